The molecule has 0 aliphatic rings. The average Bonchev–Trinajstić information content (AvgIpc) is 2.48. The molecule has 2 atom stereocenters. The quantitative estimate of drug-likeness (QED) is 0.191. The molecule has 0 aromatic heterocycles. The summed E-state index contributed by atoms with van der Waals surface area (Å²) in [5.74, 6) is 0.536. The van der Waals surface area contributed by atoms with Crippen molar-refractivity contribution in [2.75, 3.05) is 20.3 Å². The summed E-state index contributed by atoms with van der Waals surface area (Å²) < 4.78 is 16.1. The molecule has 0 amide bonds. The van der Waals surface area contributed by atoms with E-state index in [0.29, 0.717) is 12.5 Å². The fourth-order valence-electron chi connectivity index (χ4n) is 1.85. The van der Waals surface area contributed by atoms with Gasteiger partial charge in [-0.1, -0.05) is 33.3 Å². The van der Waals surface area contributed by atoms with Crippen LogP contribution < -0.4 is 5.32 Å². The lowest BCUT2D eigenvalue weighted by molar-refractivity contribution is -0.193. The summed E-state index contributed by atoms with van der Waals surface area (Å²) in [6.45, 7) is 10.9. The summed E-state index contributed by atoms with van der Waals surface area (Å²) in [4.78, 5) is 4.65. The summed E-state index contributed by atoms with van der Waals surface area (Å²) in [6.07, 6.45) is 5.35. The molecule has 0 saturated carbocycles. The molecule has 0 heterocycles. The molecule has 2 unspecified atom stereocenters. The Morgan fingerprint density at radius 3 is 2.39 bits per heavy atom. The molecular weight excluding hydrogens is 333 g/mol. The maximum Gasteiger partial charge on any atom is 0.355 e. The fraction of sp³-hybridized carbons (Fsp3) is 0.875. The van der Waals surface area contributed by atoms with Crippen LogP contribution >= 0.6 is 6.72 Å². The van der Waals surface area contributed by atoms with E-state index in [1.165, 1.54) is 7.11 Å². The molecule has 138 valence electrons. The van der Waals surface area contributed by atoms with Crippen molar-refractivity contribution in [3.05, 3.63) is 12.3 Å². The van der Waals surface area contributed by atoms with Crippen LogP contribution in [0.2, 0.25) is 0 Å². The molecular formula is C16H34NO4PS. The van der Waals surface area contributed by atoms with Crippen LogP contribution in [0.3, 0.4) is 0 Å². The Hall–Kier alpha value is 0.0300. The second-order valence-electron chi connectivity index (χ2n) is 5.85. The Kier molecular flexibility index (Phi) is 13.4. The van der Waals surface area contributed by atoms with Crippen molar-refractivity contribution in [1.29, 1.82) is 0 Å². The van der Waals surface area contributed by atoms with Gasteiger partial charge in [-0.3, -0.25) is 0 Å². The molecule has 0 aromatic carbocycles. The minimum atomic E-state index is -2.78. The summed E-state index contributed by atoms with van der Waals surface area (Å²) in [5, 5.41) is 3.39. The summed E-state index contributed by atoms with van der Waals surface area (Å²) in [5.41, 5.74) is 1.14. The van der Waals surface area contributed by atoms with Crippen molar-refractivity contribution in [2.45, 2.75) is 65.9 Å². The van der Waals surface area contributed by atoms with E-state index in [9.17, 15) is 0 Å². The molecule has 0 radical (unpaired) electrons. The van der Waals surface area contributed by atoms with E-state index in [2.05, 4.69) is 30.6 Å². The molecule has 0 aromatic rings. The molecule has 0 rings (SSSR count). The predicted octanol–water partition coefficient (Wildman–Crippen LogP) is 4.94. The van der Waals surface area contributed by atoms with Gasteiger partial charge in [0, 0.05) is 12.2 Å². The number of nitrogens with one attached hydrogen (secondary N) is 1. The van der Waals surface area contributed by atoms with Crippen LogP contribution in [0.25, 0.3) is 0 Å². The van der Waals surface area contributed by atoms with Crippen molar-refractivity contribution in [3.8, 4) is 0 Å². The third-order valence-electron chi connectivity index (χ3n) is 3.39. The van der Waals surface area contributed by atoms with Gasteiger partial charge in [0.25, 0.3) is 0 Å². The lowest BCUT2D eigenvalue weighted by Gasteiger charge is -2.21. The highest BCUT2D eigenvalue weighted by atomic mass is 32.5. The Morgan fingerprint density at radius 2 is 1.83 bits per heavy atom. The molecule has 0 aliphatic heterocycles. The van der Waals surface area contributed by atoms with Crippen molar-refractivity contribution in [1.82, 2.24) is 5.32 Å². The Labute approximate surface area is 147 Å². The topological polar surface area (TPSA) is 49.0 Å². The Bertz CT molecular complexity index is 366. The molecule has 7 heteroatoms. The smallest absolute Gasteiger partial charge is 0.355 e. The Morgan fingerprint density at radius 1 is 1.17 bits per heavy atom. The number of allylic oxidation sites excluding steroid dienone is 1. The average molecular weight is 367 g/mol. The van der Waals surface area contributed by atoms with E-state index in [1.54, 1.807) is 0 Å². The zero-order valence-electron chi connectivity index (χ0n) is 15.3. The highest BCUT2D eigenvalue weighted by Gasteiger charge is 2.23. The lowest BCUT2D eigenvalue weighted by atomic mass is 10.1. The van der Waals surface area contributed by atoms with Gasteiger partial charge < -0.3 is 14.4 Å². The second kappa shape index (κ2) is 13.3. The molecule has 5 nitrogen and oxygen atoms in total. The van der Waals surface area contributed by atoms with E-state index in [4.69, 9.17) is 25.5 Å². The van der Waals surface area contributed by atoms with Gasteiger partial charge in [0.2, 0.25) is 0 Å². The van der Waals surface area contributed by atoms with E-state index >= 15 is 0 Å². The van der Waals surface area contributed by atoms with Crippen LogP contribution in [-0.2, 0) is 30.4 Å². The maximum absolute atomic E-state index is 5.60. The third-order valence-corrected chi connectivity index (χ3v) is 5.65. The van der Waals surface area contributed by atoms with E-state index in [0.717, 1.165) is 44.3 Å². The van der Waals surface area contributed by atoms with Gasteiger partial charge in [-0.05, 0) is 50.8 Å². The van der Waals surface area contributed by atoms with Crippen LogP contribution in [0.5, 0.6) is 0 Å². The lowest BCUT2D eigenvalue weighted by Crippen LogP contribution is -2.18. The van der Waals surface area contributed by atoms with Gasteiger partial charge in [0.1, 0.15) is 0 Å². The first-order chi connectivity index (χ1) is 10.8. The first-order valence-electron chi connectivity index (χ1n) is 8.42. The first kappa shape index (κ1) is 23.0. The maximum atomic E-state index is 5.60. The van der Waals surface area contributed by atoms with Crippen LogP contribution in [-0.4, -0.2) is 26.4 Å². The highest BCUT2D eigenvalue weighted by molar-refractivity contribution is 8.07. The highest BCUT2D eigenvalue weighted by Crippen LogP contribution is 2.51. The van der Waals surface area contributed by atoms with Crippen molar-refractivity contribution < 1.29 is 18.6 Å². The number of hydrogen-bond donors (Lipinski definition) is 1. The summed E-state index contributed by atoms with van der Waals surface area (Å²) in [7, 11) is 1.41. The van der Waals surface area contributed by atoms with Crippen LogP contribution in [0.4, 0.5) is 0 Å². The SMILES string of the molecule is C=C(NCCCCCCOP(=S)(OOC)OC(C)C)C(C)CC. The van der Waals surface area contributed by atoms with E-state index in [-0.39, 0.29) is 6.10 Å². The minimum Gasteiger partial charge on any atom is -0.389 e. The molecule has 0 saturated heterocycles. The Balaban J connectivity index is 3.71. The normalized spacial score (nSPS) is 15.4. The standard InChI is InChI=1S/C16H34NO4PS/c1-7-15(4)16(5)17-12-10-8-9-11-13-19-22(23,21-18-6)20-14(2)3/h14-15,17H,5,7-13H2,1-4,6H3. The van der Waals surface area contributed by atoms with Crippen molar-refractivity contribution in [3.63, 3.8) is 0 Å². The number of hydrogen-bond acceptors (Lipinski definition) is 6. The monoisotopic (exact) mass is 367 g/mol. The van der Waals surface area contributed by atoms with Crippen molar-refractivity contribution in [2.24, 2.45) is 5.92 Å². The molecule has 0 aliphatic carbocycles. The van der Waals surface area contributed by atoms with E-state index in [1.807, 2.05) is 13.8 Å². The van der Waals surface area contributed by atoms with E-state index < -0.39 is 6.72 Å². The fourth-order valence-corrected chi connectivity index (χ4v) is 3.96. The summed E-state index contributed by atoms with van der Waals surface area (Å²) >= 11 is 5.26. The van der Waals surface area contributed by atoms with Crippen LogP contribution in [0.1, 0.15) is 59.8 Å². The first-order valence-corrected chi connectivity index (χ1v) is 11.0. The second-order valence-corrected chi connectivity index (χ2v) is 8.71. The third kappa shape index (κ3) is 12.1. The molecule has 0 fully saturated rings. The zero-order chi connectivity index (χ0) is 17.7. The number of rotatable bonds is 15. The van der Waals surface area contributed by atoms with Gasteiger partial charge in [-0.25, -0.2) is 4.89 Å². The largest absolute Gasteiger partial charge is 0.389 e. The molecule has 0 bridgehead atoms. The minimum absolute atomic E-state index is 0.0549. The predicted molar refractivity (Wildman–Crippen MR) is 99.6 cm³/mol. The molecule has 1 N–H and O–H groups in total. The van der Waals surface area contributed by atoms with Gasteiger partial charge >= 0.3 is 6.72 Å². The van der Waals surface area contributed by atoms with Gasteiger partial charge in [-0.15, -0.1) is 4.67 Å². The van der Waals surface area contributed by atoms with Crippen LogP contribution in [0, 0.1) is 5.92 Å². The van der Waals surface area contributed by atoms with Gasteiger partial charge in [-0.2, -0.15) is 0 Å². The zero-order valence-corrected chi connectivity index (χ0v) is 17.0. The summed E-state index contributed by atoms with van der Waals surface area (Å²) in [6, 6.07) is 0. The van der Waals surface area contributed by atoms with Gasteiger partial charge in [0.05, 0.1) is 19.8 Å². The molecule has 0 spiro atoms. The van der Waals surface area contributed by atoms with Gasteiger partial charge in [0.15, 0.2) is 0 Å². The number of unbranched alkanes of at least 4 members (excludes halogenated alkanes) is 3. The molecule has 23 heavy (non-hydrogen) atoms. The van der Waals surface area contributed by atoms with Crippen LogP contribution in [0.15, 0.2) is 12.3 Å². The van der Waals surface area contributed by atoms with Crippen molar-refractivity contribution >= 4 is 18.5 Å².